The molecule has 2 aliphatic rings. The highest BCUT2D eigenvalue weighted by Gasteiger charge is 2.36. The van der Waals surface area contributed by atoms with E-state index in [0.29, 0.717) is 32.0 Å². The van der Waals surface area contributed by atoms with Crippen molar-refractivity contribution in [2.45, 2.75) is 51.2 Å². The summed E-state index contributed by atoms with van der Waals surface area (Å²) < 4.78 is 38.6. The number of amides is 1. The Labute approximate surface area is 161 Å². The fourth-order valence-corrected chi connectivity index (χ4v) is 4.14. The number of nitrogens with zero attached hydrogens (tertiary/aromatic N) is 3. The van der Waals surface area contributed by atoms with Gasteiger partial charge in [0.05, 0.1) is 10.5 Å². The van der Waals surface area contributed by atoms with E-state index in [1.807, 2.05) is 4.90 Å². The third-order valence-corrected chi connectivity index (χ3v) is 5.77. The molecule has 1 amide bonds. The Balaban J connectivity index is 1.71. The lowest BCUT2D eigenvalue weighted by molar-refractivity contribution is -0.384. The summed E-state index contributed by atoms with van der Waals surface area (Å²) in [6, 6.07) is 2.85. The molecule has 6 nitrogen and oxygen atoms in total. The summed E-state index contributed by atoms with van der Waals surface area (Å²) in [6.45, 7) is 3.64. The molecule has 1 aromatic carbocycles. The Morgan fingerprint density at radius 3 is 2.39 bits per heavy atom. The van der Waals surface area contributed by atoms with Crippen molar-refractivity contribution in [2.24, 2.45) is 5.92 Å². The van der Waals surface area contributed by atoms with Gasteiger partial charge >= 0.3 is 6.18 Å². The van der Waals surface area contributed by atoms with E-state index in [0.717, 1.165) is 37.9 Å². The molecular formula is C19H24F3N3O3. The summed E-state index contributed by atoms with van der Waals surface area (Å²) in [7, 11) is 0. The molecule has 0 aromatic heterocycles. The summed E-state index contributed by atoms with van der Waals surface area (Å²) in [5.74, 6) is -0.000858. The first-order chi connectivity index (χ1) is 13.2. The van der Waals surface area contributed by atoms with Crippen LogP contribution in [0.2, 0.25) is 0 Å². The van der Waals surface area contributed by atoms with E-state index < -0.39 is 22.4 Å². The summed E-state index contributed by atoms with van der Waals surface area (Å²) in [6.07, 6.45) is -0.412. The maximum Gasteiger partial charge on any atom is 0.416 e. The van der Waals surface area contributed by atoms with Gasteiger partial charge in [0.15, 0.2) is 0 Å². The van der Waals surface area contributed by atoms with Gasteiger partial charge in [0, 0.05) is 37.7 Å². The minimum absolute atomic E-state index is 0.133. The van der Waals surface area contributed by atoms with Crippen LogP contribution >= 0.6 is 0 Å². The SMILES string of the molecule is CC1CCCCN1C(=O)C1CCN(c2ccc(C(F)(F)F)cc2[N+](=O)[O-])CC1. The monoisotopic (exact) mass is 399 g/mol. The normalized spacial score (nSPS) is 21.6. The van der Waals surface area contributed by atoms with E-state index >= 15 is 0 Å². The van der Waals surface area contributed by atoms with Crippen LogP contribution < -0.4 is 4.90 Å². The number of carbonyl (C=O) groups excluding carboxylic acids is 1. The number of alkyl halides is 3. The summed E-state index contributed by atoms with van der Waals surface area (Å²) in [4.78, 5) is 27.0. The smallest absolute Gasteiger partial charge is 0.366 e. The van der Waals surface area contributed by atoms with Crippen molar-refractivity contribution >= 4 is 17.3 Å². The molecule has 1 atom stereocenters. The molecule has 0 aliphatic carbocycles. The number of anilines is 1. The Hall–Kier alpha value is -2.32. The average molecular weight is 399 g/mol. The van der Waals surface area contributed by atoms with Gasteiger partial charge < -0.3 is 9.80 Å². The Morgan fingerprint density at radius 2 is 1.82 bits per heavy atom. The van der Waals surface area contributed by atoms with Gasteiger partial charge in [-0.1, -0.05) is 0 Å². The van der Waals surface area contributed by atoms with Crippen molar-refractivity contribution in [3.05, 3.63) is 33.9 Å². The number of nitro benzene ring substituents is 1. The van der Waals surface area contributed by atoms with Crippen LogP contribution in [0.5, 0.6) is 0 Å². The van der Waals surface area contributed by atoms with Gasteiger partial charge in [-0.15, -0.1) is 0 Å². The molecule has 0 saturated carbocycles. The van der Waals surface area contributed by atoms with Crippen molar-refractivity contribution in [2.75, 3.05) is 24.5 Å². The van der Waals surface area contributed by atoms with Crippen LogP contribution in [0.3, 0.4) is 0 Å². The number of carbonyl (C=O) groups is 1. The molecule has 1 unspecified atom stereocenters. The molecule has 2 fully saturated rings. The lowest BCUT2D eigenvalue weighted by Crippen LogP contribution is -2.47. The van der Waals surface area contributed by atoms with Gasteiger partial charge in [0.1, 0.15) is 5.69 Å². The molecule has 0 bridgehead atoms. The first-order valence-corrected chi connectivity index (χ1v) is 9.59. The molecule has 0 N–H and O–H groups in total. The first-order valence-electron chi connectivity index (χ1n) is 9.59. The second-order valence-corrected chi connectivity index (χ2v) is 7.60. The number of hydrogen-bond acceptors (Lipinski definition) is 4. The number of piperidine rings is 2. The predicted molar refractivity (Wildman–Crippen MR) is 98.1 cm³/mol. The Morgan fingerprint density at radius 1 is 1.14 bits per heavy atom. The van der Waals surface area contributed by atoms with Gasteiger partial charge in [-0.2, -0.15) is 13.2 Å². The number of nitro groups is 1. The molecule has 2 heterocycles. The van der Waals surface area contributed by atoms with E-state index in [1.165, 1.54) is 0 Å². The fraction of sp³-hybridized carbons (Fsp3) is 0.632. The third-order valence-electron chi connectivity index (χ3n) is 5.77. The van der Waals surface area contributed by atoms with Crippen LogP contribution in [0.25, 0.3) is 0 Å². The zero-order valence-corrected chi connectivity index (χ0v) is 15.7. The zero-order valence-electron chi connectivity index (χ0n) is 15.7. The first kappa shape index (κ1) is 20.4. The second kappa shape index (κ2) is 7.97. The number of benzene rings is 1. The van der Waals surface area contributed by atoms with Crippen LogP contribution in [-0.4, -0.2) is 41.4 Å². The lowest BCUT2D eigenvalue weighted by Gasteiger charge is -2.39. The van der Waals surface area contributed by atoms with E-state index in [4.69, 9.17) is 0 Å². The van der Waals surface area contributed by atoms with Crippen molar-refractivity contribution in [3.63, 3.8) is 0 Å². The highest BCUT2D eigenvalue weighted by atomic mass is 19.4. The van der Waals surface area contributed by atoms with Gasteiger partial charge in [-0.25, -0.2) is 0 Å². The molecule has 0 radical (unpaired) electrons. The van der Waals surface area contributed by atoms with Crippen LogP contribution in [0, 0.1) is 16.0 Å². The minimum Gasteiger partial charge on any atom is -0.366 e. The molecule has 2 saturated heterocycles. The van der Waals surface area contributed by atoms with Gasteiger partial charge in [0.2, 0.25) is 5.91 Å². The van der Waals surface area contributed by atoms with Crippen molar-refractivity contribution in [1.82, 2.24) is 4.90 Å². The zero-order chi connectivity index (χ0) is 20.5. The quantitative estimate of drug-likeness (QED) is 0.564. The topological polar surface area (TPSA) is 66.7 Å². The lowest BCUT2D eigenvalue weighted by atomic mass is 9.92. The molecule has 1 aromatic rings. The summed E-state index contributed by atoms with van der Waals surface area (Å²) >= 11 is 0. The maximum atomic E-state index is 12.9. The molecule has 0 spiro atoms. The summed E-state index contributed by atoms with van der Waals surface area (Å²) in [5.41, 5.74) is -1.41. The highest BCUT2D eigenvalue weighted by molar-refractivity contribution is 5.79. The van der Waals surface area contributed by atoms with E-state index in [-0.39, 0.29) is 23.6 Å². The van der Waals surface area contributed by atoms with Gasteiger partial charge in [-0.05, 0) is 51.2 Å². The van der Waals surface area contributed by atoms with Gasteiger partial charge in [0.25, 0.3) is 5.69 Å². The van der Waals surface area contributed by atoms with Crippen LogP contribution in [0.15, 0.2) is 18.2 Å². The molecule has 2 aliphatic heterocycles. The van der Waals surface area contributed by atoms with E-state index in [2.05, 4.69) is 6.92 Å². The number of rotatable bonds is 3. The summed E-state index contributed by atoms with van der Waals surface area (Å²) in [5, 5.41) is 11.3. The number of hydrogen-bond donors (Lipinski definition) is 0. The number of likely N-dealkylation sites (tertiary alicyclic amines) is 1. The second-order valence-electron chi connectivity index (χ2n) is 7.60. The molecule has 3 rings (SSSR count). The van der Waals surface area contributed by atoms with Crippen LogP contribution in [0.4, 0.5) is 24.5 Å². The molecule has 28 heavy (non-hydrogen) atoms. The predicted octanol–water partition coefficient (Wildman–Crippen LogP) is 4.23. The molecule has 154 valence electrons. The molecule has 9 heteroatoms. The highest BCUT2D eigenvalue weighted by Crippen LogP contribution is 2.38. The van der Waals surface area contributed by atoms with E-state index in [9.17, 15) is 28.1 Å². The molecular weight excluding hydrogens is 375 g/mol. The standard InChI is InChI=1S/C19H24F3N3O3/c1-13-4-2-3-9-24(13)18(26)14-7-10-23(11-8-14)16-6-5-15(19(20,21)22)12-17(16)25(27)28/h5-6,12-14H,2-4,7-11H2,1H3. The Kier molecular flexibility index (Phi) is 5.81. The largest absolute Gasteiger partial charge is 0.416 e. The van der Waals surface area contributed by atoms with Crippen LogP contribution in [0.1, 0.15) is 44.6 Å². The van der Waals surface area contributed by atoms with Gasteiger partial charge in [-0.3, -0.25) is 14.9 Å². The Bertz CT molecular complexity index is 746. The van der Waals surface area contributed by atoms with Crippen molar-refractivity contribution in [3.8, 4) is 0 Å². The number of halogens is 3. The average Bonchev–Trinajstić information content (AvgIpc) is 2.67. The minimum atomic E-state index is -4.63. The fourth-order valence-electron chi connectivity index (χ4n) is 4.14. The van der Waals surface area contributed by atoms with Crippen LogP contribution in [-0.2, 0) is 11.0 Å². The van der Waals surface area contributed by atoms with Crippen molar-refractivity contribution in [1.29, 1.82) is 0 Å². The van der Waals surface area contributed by atoms with Crippen molar-refractivity contribution < 1.29 is 22.9 Å². The van der Waals surface area contributed by atoms with E-state index in [1.54, 1.807) is 4.90 Å². The third kappa shape index (κ3) is 4.23. The maximum absolute atomic E-state index is 12.9.